The predicted molar refractivity (Wildman–Crippen MR) is 116 cm³/mol. The molecule has 1 fully saturated rings. The molecule has 1 atom stereocenters. The Morgan fingerprint density at radius 3 is 2.55 bits per heavy atom. The monoisotopic (exact) mass is 453 g/mol. The number of halogens is 2. The van der Waals surface area contributed by atoms with Gasteiger partial charge in [0, 0.05) is 13.6 Å². The number of hydrogen-bond acceptors (Lipinski definition) is 4. The average molecular weight is 454 g/mol. The number of rotatable bonds is 5. The zero-order chi connectivity index (χ0) is 21.0. The summed E-state index contributed by atoms with van der Waals surface area (Å²) in [5.41, 5.74) is 0.314. The van der Waals surface area contributed by atoms with Crippen LogP contribution in [0.2, 0.25) is 10.0 Å². The van der Waals surface area contributed by atoms with Crippen LogP contribution in [0.1, 0.15) is 28.9 Å². The van der Waals surface area contributed by atoms with E-state index in [1.807, 2.05) is 11.4 Å². The summed E-state index contributed by atoms with van der Waals surface area (Å²) in [6, 6.07) is 7.92. The first-order valence-corrected chi connectivity index (χ1v) is 10.9. The molecule has 0 radical (unpaired) electrons. The van der Waals surface area contributed by atoms with Crippen LogP contribution in [-0.2, 0) is 9.59 Å². The molecule has 0 aliphatic carbocycles. The molecule has 3 rings (SSSR count). The highest BCUT2D eigenvalue weighted by Crippen LogP contribution is 2.29. The first-order chi connectivity index (χ1) is 13.9. The van der Waals surface area contributed by atoms with Gasteiger partial charge >= 0.3 is 0 Å². The number of piperidine rings is 1. The van der Waals surface area contributed by atoms with Gasteiger partial charge in [0.15, 0.2) is 0 Å². The normalized spacial score (nSPS) is 16.4. The summed E-state index contributed by atoms with van der Waals surface area (Å²) in [4.78, 5) is 41.8. The van der Waals surface area contributed by atoms with Gasteiger partial charge in [-0.15, -0.1) is 11.3 Å². The molecule has 3 amide bonds. The molecule has 29 heavy (non-hydrogen) atoms. The second-order valence-corrected chi connectivity index (χ2v) is 8.59. The number of thiophene rings is 1. The van der Waals surface area contributed by atoms with E-state index in [-0.39, 0.29) is 18.4 Å². The fraction of sp³-hybridized carbons (Fsp3) is 0.350. The Balaban J connectivity index is 1.66. The highest BCUT2D eigenvalue weighted by atomic mass is 35.5. The van der Waals surface area contributed by atoms with Gasteiger partial charge in [0.05, 0.1) is 27.2 Å². The Hall–Kier alpha value is -2.09. The zero-order valence-electron chi connectivity index (χ0n) is 15.9. The maximum absolute atomic E-state index is 13.0. The number of carbonyl (C=O) groups excluding carboxylic acids is 3. The number of carbonyl (C=O) groups is 3. The maximum atomic E-state index is 13.0. The second-order valence-electron chi connectivity index (χ2n) is 6.83. The number of benzene rings is 1. The van der Waals surface area contributed by atoms with Crippen LogP contribution in [0.15, 0.2) is 35.7 Å². The molecule has 0 bridgehead atoms. The van der Waals surface area contributed by atoms with E-state index in [0.717, 1.165) is 12.8 Å². The molecule has 1 unspecified atom stereocenters. The van der Waals surface area contributed by atoms with Crippen LogP contribution < -0.4 is 5.32 Å². The molecule has 1 aliphatic heterocycles. The Morgan fingerprint density at radius 1 is 1.17 bits per heavy atom. The lowest BCUT2D eigenvalue weighted by Crippen LogP contribution is -2.53. The van der Waals surface area contributed by atoms with Crippen molar-refractivity contribution in [2.75, 3.05) is 25.5 Å². The summed E-state index contributed by atoms with van der Waals surface area (Å²) in [6.07, 6.45) is 2.30. The SMILES string of the molecule is CN(CC(=O)Nc1c(Cl)cccc1Cl)C(=O)C1CCCCN1C(=O)c1cccs1. The topological polar surface area (TPSA) is 69.7 Å². The summed E-state index contributed by atoms with van der Waals surface area (Å²) in [6.45, 7) is 0.361. The Labute approximate surface area is 183 Å². The molecule has 2 heterocycles. The molecule has 2 aromatic rings. The van der Waals surface area contributed by atoms with Crippen molar-refractivity contribution in [3.63, 3.8) is 0 Å². The first kappa shape index (κ1) is 21.6. The molecule has 1 aromatic heterocycles. The minimum atomic E-state index is -0.569. The first-order valence-electron chi connectivity index (χ1n) is 9.22. The Morgan fingerprint density at radius 2 is 1.90 bits per heavy atom. The van der Waals surface area contributed by atoms with E-state index < -0.39 is 11.9 Å². The third kappa shape index (κ3) is 5.10. The Bertz CT molecular complexity index is 884. The lowest BCUT2D eigenvalue weighted by atomic mass is 10.0. The minimum absolute atomic E-state index is 0.140. The number of anilines is 1. The standard InChI is InChI=1S/C20H21Cl2N3O3S/c1-24(12-17(26)23-18-13(21)6-4-7-14(18)22)19(27)15-8-2-3-10-25(15)20(28)16-9-5-11-29-16/h4-7,9,11,15H,2-3,8,10,12H2,1H3,(H,23,26). The number of hydrogen-bond donors (Lipinski definition) is 1. The van der Waals surface area contributed by atoms with E-state index in [4.69, 9.17) is 23.2 Å². The van der Waals surface area contributed by atoms with E-state index in [9.17, 15) is 14.4 Å². The van der Waals surface area contributed by atoms with Crippen molar-refractivity contribution >= 4 is 57.9 Å². The van der Waals surface area contributed by atoms with Gasteiger partial charge in [-0.1, -0.05) is 35.3 Å². The van der Waals surface area contributed by atoms with Gasteiger partial charge in [0.25, 0.3) is 5.91 Å². The van der Waals surface area contributed by atoms with Gasteiger partial charge in [-0.25, -0.2) is 0 Å². The number of para-hydroxylation sites is 1. The van der Waals surface area contributed by atoms with Gasteiger partial charge in [-0.3, -0.25) is 14.4 Å². The molecule has 6 nitrogen and oxygen atoms in total. The van der Waals surface area contributed by atoms with Crippen LogP contribution in [0.3, 0.4) is 0 Å². The molecule has 1 aromatic carbocycles. The largest absolute Gasteiger partial charge is 0.335 e. The fourth-order valence-corrected chi connectivity index (χ4v) is 4.49. The van der Waals surface area contributed by atoms with E-state index in [0.29, 0.717) is 33.6 Å². The molecule has 0 spiro atoms. The van der Waals surface area contributed by atoms with Crippen molar-refractivity contribution in [3.8, 4) is 0 Å². The molecule has 1 saturated heterocycles. The summed E-state index contributed by atoms with van der Waals surface area (Å²) in [5.74, 6) is -0.809. The molecular weight excluding hydrogens is 433 g/mol. The number of amides is 3. The van der Waals surface area contributed by atoms with Crippen molar-refractivity contribution < 1.29 is 14.4 Å². The van der Waals surface area contributed by atoms with Crippen LogP contribution in [0.25, 0.3) is 0 Å². The summed E-state index contributed by atoms with van der Waals surface area (Å²) < 4.78 is 0. The number of nitrogens with one attached hydrogen (secondary N) is 1. The molecule has 9 heteroatoms. The lowest BCUT2D eigenvalue weighted by molar-refractivity contribution is -0.138. The van der Waals surface area contributed by atoms with Gasteiger partial charge < -0.3 is 15.1 Å². The highest BCUT2D eigenvalue weighted by molar-refractivity contribution is 7.12. The molecule has 1 N–H and O–H groups in total. The van der Waals surface area contributed by atoms with Crippen molar-refractivity contribution in [1.82, 2.24) is 9.80 Å². The Kier molecular flexibility index (Phi) is 7.16. The van der Waals surface area contributed by atoms with Crippen molar-refractivity contribution in [3.05, 3.63) is 50.6 Å². The lowest BCUT2D eigenvalue weighted by Gasteiger charge is -2.36. The summed E-state index contributed by atoms with van der Waals surface area (Å²) >= 11 is 13.5. The average Bonchev–Trinajstić information content (AvgIpc) is 3.24. The molecule has 154 valence electrons. The van der Waals surface area contributed by atoms with Crippen LogP contribution in [-0.4, -0.2) is 53.7 Å². The predicted octanol–water partition coefficient (Wildman–Crippen LogP) is 4.15. The zero-order valence-corrected chi connectivity index (χ0v) is 18.2. The van der Waals surface area contributed by atoms with Crippen molar-refractivity contribution in [1.29, 1.82) is 0 Å². The van der Waals surface area contributed by atoms with Crippen LogP contribution in [0.5, 0.6) is 0 Å². The summed E-state index contributed by atoms with van der Waals surface area (Å²) in [7, 11) is 1.55. The van der Waals surface area contributed by atoms with Crippen LogP contribution in [0, 0.1) is 0 Å². The quantitative estimate of drug-likeness (QED) is 0.738. The molecule has 0 saturated carbocycles. The molecular formula is C20H21Cl2N3O3S. The van der Waals surface area contributed by atoms with E-state index in [1.54, 1.807) is 36.2 Å². The van der Waals surface area contributed by atoms with E-state index in [1.165, 1.54) is 16.2 Å². The van der Waals surface area contributed by atoms with Gasteiger partial charge in [0.1, 0.15) is 6.04 Å². The third-order valence-corrected chi connectivity index (χ3v) is 6.25. The number of nitrogens with zero attached hydrogens (tertiary/aromatic N) is 2. The van der Waals surface area contributed by atoms with Gasteiger partial charge in [0.2, 0.25) is 11.8 Å². The smallest absolute Gasteiger partial charge is 0.264 e. The van der Waals surface area contributed by atoms with Gasteiger partial charge in [-0.05, 0) is 42.8 Å². The molecule has 1 aliphatic rings. The van der Waals surface area contributed by atoms with Crippen molar-refractivity contribution in [2.45, 2.75) is 25.3 Å². The minimum Gasteiger partial charge on any atom is -0.335 e. The maximum Gasteiger partial charge on any atom is 0.264 e. The second kappa shape index (κ2) is 9.61. The van der Waals surface area contributed by atoms with Crippen molar-refractivity contribution in [2.24, 2.45) is 0 Å². The van der Waals surface area contributed by atoms with Crippen LogP contribution in [0.4, 0.5) is 5.69 Å². The highest BCUT2D eigenvalue weighted by Gasteiger charge is 2.35. The van der Waals surface area contributed by atoms with E-state index >= 15 is 0 Å². The van der Waals surface area contributed by atoms with Crippen LogP contribution >= 0.6 is 34.5 Å². The van der Waals surface area contributed by atoms with E-state index in [2.05, 4.69) is 5.32 Å². The fourth-order valence-electron chi connectivity index (χ4n) is 3.32. The third-order valence-electron chi connectivity index (χ3n) is 4.76. The summed E-state index contributed by atoms with van der Waals surface area (Å²) in [5, 5.41) is 5.12. The number of likely N-dealkylation sites (tertiary alicyclic amines) is 1. The number of likely N-dealkylation sites (N-methyl/N-ethyl adjacent to an activating group) is 1. The van der Waals surface area contributed by atoms with Gasteiger partial charge in [-0.2, -0.15) is 0 Å².